The van der Waals surface area contributed by atoms with Crippen LogP contribution in [0.25, 0.3) is 0 Å². The number of amides is 1. The third-order valence-electron chi connectivity index (χ3n) is 3.89. The van der Waals surface area contributed by atoms with Gasteiger partial charge in [-0.2, -0.15) is 0 Å². The van der Waals surface area contributed by atoms with Gasteiger partial charge in [-0.1, -0.05) is 39.0 Å². The average molecular weight is 319 g/mol. The lowest BCUT2D eigenvalue weighted by atomic mass is 9.86. The fourth-order valence-corrected chi connectivity index (χ4v) is 2.80. The Balaban J connectivity index is 1.81. The van der Waals surface area contributed by atoms with Crippen LogP contribution in [0.4, 0.5) is 0 Å². The van der Waals surface area contributed by atoms with Crippen LogP contribution in [0.3, 0.4) is 0 Å². The second-order valence-electron chi connectivity index (χ2n) is 7.33. The maximum absolute atomic E-state index is 12.4. The molecule has 1 heterocycles. The standard InChI is InChI=1S/C19H29NO3/c1-19(2,3)14-15-6-4-5-7-17(15)18(21)20-10-13-23-16-8-11-22-12-9-16/h4-7,16H,8-14H2,1-3H3,(H,20,21). The van der Waals surface area contributed by atoms with E-state index in [2.05, 4.69) is 26.1 Å². The lowest BCUT2D eigenvalue weighted by Crippen LogP contribution is -2.31. The molecule has 1 saturated heterocycles. The summed E-state index contributed by atoms with van der Waals surface area (Å²) in [5.41, 5.74) is 2.03. The predicted octanol–water partition coefficient (Wildman–Crippen LogP) is 3.20. The minimum Gasteiger partial charge on any atom is -0.381 e. The number of nitrogens with one attached hydrogen (secondary N) is 1. The van der Waals surface area contributed by atoms with Crippen LogP contribution in [-0.4, -0.2) is 38.4 Å². The maximum atomic E-state index is 12.4. The first-order valence-electron chi connectivity index (χ1n) is 8.51. The summed E-state index contributed by atoms with van der Waals surface area (Å²) >= 11 is 0. The maximum Gasteiger partial charge on any atom is 0.251 e. The van der Waals surface area contributed by atoms with Gasteiger partial charge in [-0.25, -0.2) is 0 Å². The highest BCUT2D eigenvalue weighted by molar-refractivity contribution is 5.95. The first kappa shape index (κ1) is 18.0. The summed E-state index contributed by atoms with van der Waals surface area (Å²) < 4.78 is 11.1. The molecule has 1 fully saturated rings. The number of ether oxygens (including phenoxy) is 2. The number of carbonyl (C=O) groups is 1. The lowest BCUT2D eigenvalue weighted by molar-refractivity contribution is -0.0302. The van der Waals surface area contributed by atoms with Crippen LogP contribution < -0.4 is 5.32 Å². The van der Waals surface area contributed by atoms with Gasteiger partial charge in [-0.05, 0) is 36.3 Å². The normalized spacial score (nSPS) is 16.3. The molecule has 1 aliphatic heterocycles. The van der Waals surface area contributed by atoms with Crippen LogP contribution in [0.1, 0.15) is 49.5 Å². The zero-order valence-corrected chi connectivity index (χ0v) is 14.6. The predicted molar refractivity (Wildman–Crippen MR) is 91.7 cm³/mol. The zero-order chi connectivity index (χ0) is 16.7. The molecule has 1 aliphatic rings. The summed E-state index contributed by atoms with van der Waals surface area (Å²) in [6, 6.07) is 7.85. The summed E-state index contributed by atoms with van der Waals surface area (Å²) in [7, 11) is 0. The van der Waals surface area contributed by atoms with Crippen molar-refractivity contribution >= 4 is 5.91 Å². The molecule has 0 saturated carbocycles. The van der Waals surface area contributed by atoms with E-state index < -0.39 is 0 Å². The molecule has 0 spiro atoms. The topological polar surface area (TPSA) is 47.6 Å². The van der Waals surface area contributed by atoms with Crippen molar-refractivity contribution in [2.75, 3.05) is 26.4 Å². The Labute approximate surface area is 139 Å². The molecule has 0 bridgehead atoms. The highest BCUT2D eigenvalue weighted by Crippen LogP contribution is 2.22. The quantitative estimate of drug-likeness (QED) is 0.819. The number of rotatable bonds is 6. The molecular weight excluding hydrogens is 290 g/mol. The molecule has 0 atom stereocenters. The first-order valence-corrected chi connectivity index (χ1v) is 8.51. The smallest absolute Gasteiger partial charge is 0.251 e. The molecule has 0 unspecified atom stereocenters. The summed E-state index contributed by atoms with van der Waals surface area (Å²) in [5, 5.41) is 2.97. The van der Waals surface area contributed by atoms with Crippen molar-refractivity contribution in [2.24, 2.45) is 5.41 Å². The summed E-state index contributed by atoms with van der Waals surface area (Å²) in [5.74, 6) is -0.0135. The lowest BCUT2D eigenvalue weighted by Gasteiger charge is -2.22. The molecule has 1 N–H and O–H groups in total. The van der Waals surface area contributed by atoms with Gasteiger partial charge in [0, 0.05) is 25.3 Å². The molecule has 1 amide bonds. The Morgan fingerprint density at radius 1 is 1.26 bits per heavy atom. The highest BCUT2D eigenvalue weighted by atomic mass is 16.5. The van der Waals surface area contributed by atoms with Crippen molar-refractivity contribution in [1.29, 1.82) is 0 Å². The van der Waals surface area contributed by atoms with Crippen molar-refractivity contribution in [3.63, 3.8) is 0 Å². The Bertz CT molecular complexity index is 502. The molecule has 0 radical (unpaired) electrons. The van der Waals surface area contributed by atoms with Crippen LogP contribution in [-0.2, 0) is 15.9 Å². The minimum absolute atomic E-state index is 0.0135. The van der Waals surface area contributed by atoms with Gasteiger partial charge >= 0.3 is 0 Å². The van der Waals surface area contributed by atoms with Crippen molar-refractivity contribution < 1.29 is 14.3 Å². The zero-order valence-electron chi connectivity index (χ0n) is 14.6. The summed E-state index contributed by atoms with van der Waals surface area (Å²) in [6.45, 7) is 9.20. The fourth-order valence-electron chi connectivity index (χ4n) is 2.80. The van der Waals surface area contributed by atoms with E-state index in [9.17, 15) is 4.79 Å². The van der Waals surface area contributed by atoms with Gasteiger partial charge in [-0.15, -0.1) is 0 Å². The molecule has 1 aromatic carbocycles. The number of hydrogen-bond acceptors (Lipinski definition) is 3. The Morgan fingerprint density at radius 2 is 1.96 bits per heavy atom. The monoisotopic (exact) mass is 319 g/mol. The van der Waals surface area contributed by atoms with Gasteiger partial charge in [0.15, 0.2) is 0 Å². The molecular formula is C19H29NO3. The van der Waals surface area contributed by atoms with Gasteiger partial charge in [0.1, 0.15) is 0 Å². The van der Waals surface area contributed by atoms with Crippen LogP contribution in [0, 0.1) is 5.41 Å². The fraction of sp³-hybridized carbons (Fsp3) is 0.632. The van der Waals surface area contributed by atoms with Crippen LogP contribution in [0.15, 0.2) is 24.3 Å². The van der Waals surface area contributed by atoms with E-state index in [1.54, 1.807) is 0 Å². The average Bonchev–Trinajstić information content (AvgIpc) is 2.51. The van der Waals surface area contributed by atoms with Gasteiger partial charge in [0.2, 0.25) is 0 Å². The largest absolute Gasteiger partial charge is 0.381 e. The number of hydrogen-bond donors (Lipinski definition) is 1. The van der Waals surface area contributed by atoms with E-state index in [1.807, 2.05) is 24.3 Å². The number of benzene rings is 1. The van der Waals surface area contributed by atoms with Crippen molar-refractivity contribution in [1.82, 2.24) is 5.32 Å². The Kier molecular flexibility index (Phi) is 6.60. The van der Waals surface area contributed by atoms with E-state index >= 15 is 0 Å². The minimum atomic E-state index is -0.0135. The Hall–Kier alpha value is -1.39. The number of carbonyl (C=O) groups excluding carboxylic acids is 1. The molecule has 128 valence electrons. The van der Waals surface area contributed by atoms with E-state index in [0.717, 1.165) is 43.6 Å². The van der Waals surface area contributed by atoms with Gasteiger partial charge in [0.05, 0.1) is 12.7 Å². The van der Waals surface area contributed by atoms with E-state index in [0.29, 0.717) is 13.2 Å². The van der Waals surface area contributed by atoms with Crippen LogP contribution >= 0.6 is 0 Å². The first-order chi connectivity index (χ1) is 11.0. The van der Waals surface area contributed by atoms with Gasteiger partial charge in [0.25, 0.3) is 5.91 Å². The van der Waals surface area contributed by atoms with Crippen molar-refractivity contribution in [2.45, 2.75) is 46.1 Å². The van der Waals surface area contributed by atoms with Gasteiger partial charge in [-0.3, -0.25) is 4.79 Å². The molecule has 4 nitrogen and oxygen atoms in total. The van der Waals surface area contributed by atoms with Crippen molar-refractivity contribution in [3.8, 4) is 0 Å². The molecule has 1 aromatic rings. The molecule has 23 heavy (non-hydrogen) atoms. The van der Waals surface area contributed by atoms with E-state index in [1.165, 1.54) is 0 Å². The third kappa shape index (κ3) is 6.32. The third-order valence-corrected chi connectivity index (χ3v) is 3.89. The summed E-state index contributed by atoms with van der Waals surface area (Å²) in [4.78, 5) is 12.4. The highest BCUT2D eigenvalue weighted by Gasteiger charge is 2.17. The molecule has 4 heteroatoms. The van der Waals surface area contributed by atoms with Crippen molar-refractivity contribution in [3.05, 3.63) is 35.4 Å². The molecule has 0 aromatic heterocycles. The van der Waals surface area contributed by atoms with Crippen LogP contribution in [0.5, 0.6) is 0 Å². The molecule has 2 rings (SSSR count). The van der Waals surface area contributed by atoms with E-state index in [4.69, 9.17) is 9.47 Å². The summed E-state index contributed by atoms with van der Waals surface area (Å²) in [6.07, 6.45) is 3.05. The second kappa shape index (κ2) is 8.46. The Morgan fingerprint density at radius 3 is 2.65 bits per heavy atom. The SMILES string of the molecule is CC(C)(C)Cc1ccccc1C(=O)NCCOC1CCOCC1. The van der Waals surface area contributed by atoms with Crippen LogP contribution in [0.2, 0.25) is 0 Å². The van der Waals surface area contributed by atoms with E-state index in [-0.39, 0.29) is 17.4 Å². The molecule has 0 aliphatic carbocycles. The second-order valence-corrected chi connectivity index (χ2v) is 7.33. The van der Waals surface area contributed by atoms with Gasteiger partial charge < -0.3 is 14.8 Å².